The molecule has 0 amide bonds. The summed E-state index contributed by atoms with van der Waals surface area (Å²) in [6.07, 6.45) is 0. The number of benzene rings is 2. The van der Waals surface area contributed by atoms with Crippen molar-refractivity contribution in [3.8, 4) is 5.69 Å². The van der Waals surface area contributed by atoms with Crippen molar-refractivity contribution in [2.75, 3.05) is 0 Å². The largest absolute Gasteiger partial charge is 0.458 e. The summed E-state index contributed by atoms with van der Waals surface area (Å²) < 4.78 is 7.79. The topological polar surface area (TPSA) is 70.3 Å². The molecule has 1 unspecified atom stereocenters. The van der Waals surface area contributed by atoms with Crippen molar-refractivity contribution >= 4 is 28.5 Å². The van der Waals surface area contributed by atoms with Crippen LogP contribution in [0.15, 0.2) is 52.1 Å². The SMILES string of the molecule is Cc1ccc(-n2c(=O)c3ccccc3n(C(C)C(=O)OC(C)(C)C)c2=O)cc1Cl. The third kappa shape index (κ3) is 3.98. The summed E-state index contributed by atoms with van der Waals surface area (Å²) in [5, 5.41) is 0.757. The number of carbonyl (C=O) groups is 1. The lowest BCUT2D eigenvalue weighted by atomic mass is 10.1. The number of halogens is 1. The predicted octanol–water partition coefficient (Wildman–Crippen LogP) is 4.02. The Bertz CT molecular complexity index is 1220. The number of carbonyl (C=O) groups excluding carboxylic acids is 1. The number of hydrogen-bond donors (Lipinski definition) is 0. The van der Waals surface area contributed by atoms with E-state index in [1.165, 1.54) is 4.57 Å². The van der Waals surface area contributed by atoms with Crippen LogP contribution in [-0.2, 0) is 9.53 Å². The molecule has 1 atom stereocenters. The second-order valence-corrected chi connectivity index (χ2v) is 8.36. The van der Waals surface area contributed by atoms with Gasteiger partial charge < -0.3 is 4.74 Å². The predicted molar refractivity (Wildman–Crippen MR) is 114 cm³/mol. The molecule has 0 aliphatic heterocycles. The summed E-state index contributed by atoms with van der Waals surface area (Å²) in [6.45, 7) is 8.69. The Kier molecular flexibility index (Phi) is 5.41. The first-order valence-corrected chi connectivity index (χ1v) is 9.65. The molecule has 1 heterocycles. The molecule has 0 saturated heterocycles. The van der Waals surface area contributed by atoms with Crippen LogP contribution in [0.5, 0.6) is 0 Å². The van der Waals surface area contributed by atoms with Crippen molar-refractivity contribution in [1.82, 2.24) is 9.13 Å². The van der Waals surface area contributed by atoms with Gasteiger partial charge >= 0.3 is 11.7 Å². The number of hydrogen-bond acceptors (Lipinski definition) is 4. The molecule has 0 radical (unpaired) electrons. The average Bonchev–Trinajstić information content (AvgIpc) is 2.63. The summed E-state index contributed by atoms with van der Waals surface area (Å²) in [5.74, 6) is -0.558. The molecule has 152 valence electrons. The van der Waals surface area contributed by atoms with Crippen molar-refractivity contribution in [1.29, 1.82) is 0 Å². The summed E-state index contributed by atoms with van der Waals surface area (Å²) in [7, 11) is 0. The Labute approximate surface area is 173 Å². The summed E-state index contributed by atoms with van der Waals surface area (Å²) in [5.41, 5.74) is -0.275. The Hall–Kier alpha value is -2.86. The number of para-hydroxylation sites is 1. The standard InChI is InChI=1S/C22H23ClN2O4/c1-13-10-11-15(12-17(13)23)25-19(26)16-8-6-7-9-18(16)24(21(25)28)14(2)20(27)29-22(3,4)5/h6-12,14H,1-5H3. The minimum atomic E-state index is -0.931. The number of aromatic nitrogens is 2. The van der Waals surface area contributed by atoms with Crippen molar-refractivity contribution in [2.24, 2.45) is 0 Å². The monoisotopic (exact) mass is 414 g/mol. The lowest BCUT2D eigenvalue weighted by Gasteiger charge is -2.24. The molecule has 0 bridgehead atoms. The third-order valence-corrected chi connectivity index (χ3v) is 4.95. The highest BCUT2D eigenvalue weighted by Crippen LogP contribution is 2.21. The average molecular weight is 415 g/mol. The van der Waals surface area contributed by atoms with Gasteiger partial charge in [0.2, 0.25) is 0 Å². The maximum atomic E-state index is 13.4. The minimum absolute atomic E-state index is 0.319. The van der Waals surface area contributed by atoms with Gasteiger partial charge in [-0.2, -0.15) is 0 Å². The molecule has 0 saturated carbocycles. The van der Waals surface area contributed by atoms with Gasteiger partial charge in [0.25, 0.3) is 5.56 Å². The third-order valence-electron chi connectivity index (χ3n) is 4.54. The highest BCUT2D eigenvalue weighted by atomic mass is 35.5. The Morgan fingerprint density at radius 1 is 1.10 bits per heavy atom. The van der Waals surface area contributed by atoms with Crippen LogP contribution < -0.4 is 11.2 Å². The van der Waals surface area contributed by atoms with Gasteiger partial charge in [-0.25, -0.2) is 14.2 Å². The summed E-state index contributed by atoms with van der Waals surface area (Å²) in [4.78, 5) is 39.2. The van der Waals surface area contributed by atoms with Gasteiger partial charge in [0.15, 0.2) is 0 Å². The van der Waals surface area contributed by atoms with E-state index in [4.69, 9.17) is 16.3 Å². The zero-order valence-corrected chi connectivity index (χ0v) is 17.8. The fraction of sp³-hybridized carbons (Fsp3) is 0.318. The number of esters is 1. The minimum Gasteiger partial charge on any atom is -0.458 e. The quantitative estimate of drug-likeness (QED) is 0.607. The van der Waals surface area contributed by atoms with E-state index in [0.29, 0.717) is 21.6 Å². The molecule has 29 heavy (non-hydrogen) atoms. The van der Waals surface area contributed by atoms with Gasteiger partial charge in [0.05, 0.1) is 16.6 Å². The van der Waals surface area contributed by atoms with E-state index >= 15 is 0 Å². The van der Waals surface area contributed by atoms with Gasteiger partial charge in [-0.05, 0) is 64.4 Å². The van der Waals surface area contributed by atoms with Crippen LogP contribution in [0.25, 0.3) is 16.6 Å². The first-order chi connectivity index (χ1) is 13.5. The zero-order chi connectivity index (χ0) is 21.5. The van der Waals surface area contributed by atoms with Gasteiger partial charge in [-0.3, -0.25) is 9.36 Å². The lowest BCUT2D eigenvalue weighted by molar-refractivity contribution is -0.158. The number of nitrogens with zero attached hydrogens (tertiary/aromatic N) is 2. The van der Waals surface area contributed by atoms with E-state index in [1.54, 1.807) is 70.2 Å². The fourth-order valence-corrected chi connectivity index (χ4v) is 3.27. The number of aryl methyl sites for hydroxylation is 1. The Morgan fingerprint density at radius 3 is 2.38 bits per heavy atom. The maximum absolute atomic E-state index is 13.4. The van der Waals surface area contributed by atoms with Crippen LogP contribution in [0.2, 0.25) is 5.02 Å². The normalized spacial score (nSPS) is 12.8. The number of fused-ring (bicyclic) bond motifs is 1. The molecule has 0 fully saturated rings. The molecule has 7 heteroatoms. The molecule has 6 nitrogen and oxygen atoms in total. The molecule has 0 aliphatic carbocycles. The van der Waals surface area contributed by atoms with Crippen molar-refractivity contribution in [3.63, 3.8) is 0 Å². The second kappa shape index (κ2) is 7.52. The van der Waals surface area contributed by atoms with E-state index in [-0.39, 0.29) is 0 Å². The molecule has 0 aliphatic rings. The van der Waals surface area contributed by atoms with Crippen LogP contribution in [0.4, 0.5) is 0 Å². The van der Waals surface area contributed by atoms with Gasteiger partial charge in [-0.15, -0.1) is 0 Å². The van der Waals surface area contributed by atoms with E-state index in [0.717, 1.165) is 10.1 Å². The fourth-order valence-electron chi connectivity index (χ4n) is 3.10. The molecule has 3 aromatic rings. The van der Waals surface area contributed by atoms with Crippen LogP contribution in [0.3, 0.4) is 0 Å². The van der Waals surface area contributed by atoms with Crippen LogP contribution in [-0.4, -0.2) is 20.7 Å². The molecule has 1 aromatic heterocycles. The van der Waals surface area contributed by atoms with Crippen molar-refractivity contribution in [3.05, 3.63) is 73.9 Å². The van der Waals surface area contributed by atoms with Gasteiger partial charge in [0.1, 0.15) is 11.6 Å². The van der Waals surface area contributed by atoms with E-state index in [1.807, 2.05) is 6.92 Å². The second-order valence-electron chi connectivity index (χ2n) is 7.95. The van der Waals surface area contributed by atoms with Crippen molar-refractivity contribution in [2.45, 2.75) is 46.3 Å². The highest BCUT2D eigenvalue weighted by Gasteiger charge is 2.27. The van der Waals surface area contributed by atoms with Crippen LogP contribution in [0, 0.1) is 6.92 Å². The smallest absolute Gasteiger partial charge is 0.336 e. The number of ether oxygens (including phenoxy) is 1. The zero-order valence-electron chi connectivity index (χ0n) is 17.0. The Balaban J connectivity index is 2.33. The molecular weight excluding hydrogens is 392 g/mol. The van der Waals surface area contributed by atoms with Crippen molar-refractivity contribution < 1.29 is 9.53 Å². The van der Waals surface area contributed by atoms with E-state index in [2.05, 4.69) is 0 Å². The summed E-state index contributed by atoms with van der Waals surface area (Å²) >= 11 is 6.21. The number of rotatable bonds is 3. The molecular formula is C22H23ClN2O4. The summed E-state index contributed by atoms with van der Waals surface area (Å²) in [6, 6.07) is 10.7. The lowest BCUT2D eigenvalue weighted by Crippen LogP contribution is -2.42. The Morgan fingerprint density at radius 2 is 1.76 bits per heavy atom. The van der Waals surface area contributed by atoms with Crippen LogP contribution >= 0.6 is 11.6 Å². The van der Waals surface area contributed by atoms with Gasteiger partial charge in [-0.1, -0.05) is 29.8 Å². The maximum Gasteiger partial charge on any atom is 0.336 e. The molecule has 0 N–H and O–H groups in total. The molecule has 2 aromatic carbocycles. The first kappa shape index (κ1) is 20.9. The van der Waals surface area contributed by atoms with E-state index < -0.39 is 28.9 Å². The molecule has 3 rings (SSSR count). The van der Waals surface area contributed by atoms with E-state index in [9.17, 15) is 14.4 Å². The highest BCUT2D eigenvalue weighted by molar-refractivity contribution is 6.31. The first-order valence-electron chi connectivity index (χ1n) is 9.27. The van der Waals surface area contributed by atoms with Gasteiger partial charge in [0, 0.05) is 5.02 Å². The van der Waals surface area contributed by atoms with Crippen LogP contribution in [0.1, 0.15) is 39.3 Å². The molecule has 0 spiro atoms.